The summed E-state index contributed by atoms with van der Waals surface area (Å²) < 4.78 is 29.2. The number of methoxy groups -OCH3 is 1. The monoisotopic (exact) mass is 322 g/mol. The molecular formula is C12H16F2N2O4S. The maximum Gasteiger partial charge on any atom is 0.350 e. The van der Waals surface area contributed by atoms with Crippen molar-refractivity contribution >= 4 is 28.9 Å². The summed E-state index contributed by atoms with van der Waals surface area (Å²) in [6, 6.07) is 1.53. The number of alkyl halides is 2. The van der Waals surface area contributed by atoms with Gasteiger partial charge < -0.3 is 15.2 Å². The highest BCUT2D eigenvalue weighted by molar-refractivity contribution is 7.12. The van der Waals surface area contributed by atoms with Gasteiger partial charge in [0.1, 0.15) is 4.88 Å². The van der Waals surface area contributed by atoms with Crippen molar-refractivity contribution in [2.24, 2.45) is 0 Å². The first kappa shape index (κ1) is 17.5. The van der Waals surface area contributed by atoms with Crippen LogP contribution in [0.5, 0.6) is 0 Å². The molecule has 1 amide bonds. The van der Waals surface area contributed by atoms with Gasteiger partial charge in [-0.3, -0.25) is 9.69 Å². The first-order chi connectivity index (χ1) is 9.97. The number of hydrogen-bond acceptors (Lipinski definition) is 6. The molecule has 9 heteroatoms. The molecule has 1 heterocycles. The van der Waals surface area contributed by atoms with E-state index in [4.69, 9.17) is 5.11 Å². The molecule has 0 aromatic carbocycles. The number of rotatable bonds is 8. The van der Waals surface area contributed by atoms with Gasteiger partial charge in [0.25, 0.3) is 6.43 Å². The standard InChI is InChI=1S/C12H16F2N2O4S/c1-20-12(19)11-8(2-5-21-11)15-10(18)7-16(3-4-17)6-9(13)14/h2,5,9,17H,3-4,6-7H2,1H3,(H,15,18). The average molecular weight is 322 g/mol. The van der Waals surface area contributed by atoms with Gasteiger partial charge in [-0.05, 0) is 11.4 Å². The third-order valence-electron chi connectivity index (χ3n) is 2.49. The number of ether oxygens (including phenoxy) is 1. The lowest BCUT2D eigenvalue weighted by Crippen LogP contribution is -2.38. The Labute approximate surface area is 124 Å². The van der Waals surface area contributed by atoms with Gasteiger partial charge in [0, 0.05) is 6.54 Å². The van der Waals surface area contributed by atoms with Crippen LogP contribution < -0.4 is 5.32 Å². The van der Waals surface area contributed by atoms with Crippen LogP contribution in [0.25, 0.3) is 0 Å². The van der Waals surface area contributed by atoms with E-state index >= 15 is 0 Å². The van der Waals surface area contributed by atoms with Crippen molar-refractivity contribution in [2.75, 3.05) is 38.7 Å². The second kappa shape index (κ2) is 8.65. The first-order valence-corrected chi connectivity index (χ1v) is 6.93. The van der Waals surface area contributed by atoms with Crippen molar-refractivity contribution in [2.45, 2.75) is 6.43 Å². The van der Waals surface area contributed by atoms with Gasteiger partial charge in [0.05, 0.1) is 32.5 Å². The molecular weight excluding hydrogens is 306 g/mol. The molecule has 0 aliphatic carbocycles. The first-order valence-electron chi connectivity index (χ1n) is 6.05. The maximum atomic E-state index is 12.3. The van der Waals surface area contributed by atoms with E-state index in [-0.39, 0.29) is 30.3 Å². The van der Waals surface area contributed by atoms with Crippen LogP contribution >= 0.6 is 11.3 Å². The Hall–Kier alpha value is -1.58. The number of esters is 1. The maximum absolute atomic E-state index is 12.3. The molecule has 1 aromatic heterocycles. The summed E-state index contributed by atoms with van der Waals surface area (Å²) in [6.07, 6.45) is -2.60. The van der Waals surface area contributed by atoms with Crippen LogP contribution in [0.3, 0.4) is 0 Å². The number of thiophene rings is 1. The molecule has 0 radical (unpaired) electrons. The third kappa shape index (κ3) is 5.74. The van der Waals surface area contributed by atoms with E-state index in [0.29, 0.717) is 0 Å². The predicted molar refractivity (Wildman–Crippen MR) is 73.8 cm³/mol. The second-order valence-corrected chi connectivity index (χ2v) is 4.97. The Bertz CT molecular complexity index is 482. The van der Waals surface area contributed by atoms with E-state index in [0.717, 1.165) is 16.2 Å². The summed E-state index contributed by atoms with van der Waals surface area (Å²) in [4.78, 5) is 24.6. The van der Waals surface area contributed by atoms with E-state index in [1.54, 1.807) is 5.38 Å². The minimum atomic E-state index is -2.60. The Balaban J connectivity index is 2.63. The van der Waals surface area contributed by atoms with E-state index in [9.17, 15) is 18.4 Å². The highest BCUT2D eigenvalue weighted by atomic mass is 32.1. The second-order valence-electron chi connectivity index (χ2n) is 4.05. The number of amides is 1. The molecule has 0 unspecified atom stereocenters. The molecule has 118 valence electrons. The van der Waals surface area contributed by atoms with Crippen molar-refractivity contribution in [3.63, 3.8) is 0 Å². The lowest BCUT2D eigenvalue weighted by atomic mass is 10.3. The fourth-order valence-electron chi connectivity index (χ4n) is 1.62. The van der Waals surface area contributed by atoms with Gasteiger partial charge in [0.15, 0.2) is 0 Å². The molecule has 1 aromatic rings. The molecule has 1 rings (SSSR count). The predicted octanol–water partition coefficient (Wildman–Crippen LogP) is 1.03. The summed E-state index contributed by atoms with van der Waals surface area (Å²) >= 11 is 1.10. The van der Waals surface area contributed by atoms with Crippen molar-refractivity contribution in [3.05, 3.63) is 16.3 Å². The van der Waals surface area contributed by atoms with Gasteiger partial charge in [-0.2, -0.15) is 0 Å². The summed E-state index contributed by atoms with van der Waals surface area (Å²) in [7, 11) is 1.22. The summed E-state index contributed by atoms with van der Waals surface area (Å²) in [5.41, 5.74) is 0.276. The van der Waals surface area contributed by atoms with E-state index in [1.165, 1.54) is 13.2 Å². The SMILES string of the molecule is COC(=O)c1sccc1NC(=O)CN(CCO)CC(F)F. The number of nitrogens with zero attached hydrogens (tertiary/aromatic N) is 1. The Kier molecular flexibility index (Phi) is 7.20. The molecule has 0 aliphatic heterocycles. The highest BCUT2D eigenvalue weighted by Crippen LogP contribution is 2.23. The van der Waals surface area contributed by atoms with Crippen LogP contribution in [0.15, 0.2) is 11.4 Å². The number of hydrogen-bond donors (Lipinski definition) is 2. The van der Waals surface area contributed by atoms with Gasteiger partial charge in [-0.15, -0.1) is 11.3 Å². The van der Waals surface area contributed by atoms with Gasteiger partial charge in [0.2, 0.25) is 5.91 Å². The number of anilines is 1. The average Bonchev–Trinajstić information content (AvgIpc) is 2.85. The number of halogens is 2. The van der Waals surface area contributed by atoms with Gasteiger partial charge >= 0.3 is 5.97 Å². The third-order valence-corrected chi connectivity index (χ3v) is 3.38. The highest BCUT2D eigenvalue weighted by Gasteiger charge is 2.18. The van der Waals surface area contributed by atoms with E-state index in [2.05, 4.69) is 10.1 Å². The van der Waals surface area contributed by atoms with E-state index in [1.807, 2.05) is 0 Å². The molecule has 0 saturated heterocycles. The molecule has 21 heavy (non-hydrogen) atoms. The van der Waals surface area contributed by atoms with Gasteiger partial charge in [-0.1, -0.05) is 0 Å². The zero-order valence-electron chi connectivity index (χ0n) is 11.3. The topological polar surface area (TPSA) is 78.9 Å². The van der Waals surface area contributed by atoms with Crippen LogP contribution in [-0.4, -0.2) is 61.7 Å². The van der Waals surface area contributed by atoms with Crippen molar-refractivity contribution < 1.29 is 28.2 Å². The normalized spacial score (nSPS) is 11.0. The number of aliphatic hydroxyl groups is 1. The fraction of sp³-hybridized carbons (Fsp3) is 0.500. The summed E-state index contributed by atoms with van der Waals surface area (Å²) in [5, 5.41) is 12.9. The van der Waals surface area contributed by atoms with Gasteiger partial charge in [-0.25, -0.2) is 13.6 Å². The van der Waals surface area contributed by atoms with Crippen LogP contribution in [0.4, 0.5) is 14.5 Å². The summed E-state index contributed by atoms with van der Waals surface area (Å²) in [5.74, 6) is -1.13. The van der Waals surface area contributed by atoms with Crippen molar-refractivity contribution in [1.82, 2.24) is 4.90 Å². The molecule has 0 aliphatic rings. The molecule has 0 fully saturated rings. The minimum absolute atomic E-state index is 0.0365. The Morgan fingerprint density at radius 1 is 1.52 bits per heavy atom. The van der Waals surface area contributed by atoms with Crippen molar-refractivity contribution in [3.8, 4) is 0 Å². The fourth-order valence-corrected chi connectivity index (χ4v) is 2.39. The number of carbonyl (C=O) groups is 2. The van der Waals surface area contributed by atoms with E-state index < -0.39 is 24.8 Å². The quantitative estimate of drug-likeness (QED) is 0.699. The zero-order valence-corrected chi connectivity index (χ0v) is 12.2. The molecule has 0 saturated carbocycles. The Morgan fingerprint density at radius 3 is 2.81 bits per heavy atom. The minimum Gasteiger partial charge on any atom is -0.465 e. The number of nitrogens with one attached hydrogen (secondary N) is 1. The van der Waals surface area contributed by atoms with Crippen LogP contribution in [0.1, 0.15) is 9.67 Å². The van der Waals surface area contributed by atoms with Crippen LogP contribution in [-0.2, 0) is 9.53 Å². The lowest BCUT2D eigenvalue weighted by Gasteiger charge is -2.20. The number of carbonyl (C=O) groups excluding carboxylic acids is 2. The Morgan fingerprint density at radius 2 is 2.24 bits per heavy atom. The zero-order chi connectivity index (χ0) is 15.8. The van der Waals surface area contributed by atoms with Crippen LogP contribution in [0, 0.1) is 0 Å². The molecule has 0 spiro atoms. The summed E-state index contributed by atoms with van der Waals surface area (Å²) in [6.45, 7) is -1.28. The van der Waals surface area contributed by atoms with Crippen molar-refractivity contribution in [1.29, 1.82) is 0 Å². The lowest BCUT2D eigenvalue weighted by molar-refractivity contribution is -0.117. The smallest absolute Gasteiger partial charge is 0.350 e. The van der Waals surface area contributed by atoms with Crippen LogP contribution in [0.2, 0.25) is 0 Å². The number of aliphatic hydroxyl groups excluding tert-OH is 1. The molecule has 2 N–H and O–H groups in total. The molecule has 6 nitrogen and oxygen atoms in total. The molecule has 0 atom stereocenters. The molecule has 0 bridgehead atoms. The largest absolute Gasteiger partial charge is 0.465 e.